The molecular formula is C21H24ClNO5. The zero-order valence-corrected chi connectivity index (χ0v) is 16.2. The number of aromatic carboxylic acids is 1. The van der Waals surface area contributed by atoms with Gasteiger partial charge in [-0.2, -0.15) is 0 Å². The lowest BCUT2D eigenvalue weighted by molar-refractivity contribution is -0.141. The second-order valence-corrected chi connectivity index (χ2v) is 7.61. The van der Waals surface area contributed by atoms with Gasteiger partial charge in [0.1, 0.15) is 17.4 Å². The SMILES string of the molecule is Cl.O=C(O)c1cc2ccccc2cc1OC1CCC2CNC(C(=O)O)CC2C1. The van der Waals surface area contributed by atoms with Gasteiger partial charge in [0.25, 0.3) is 0 Å². The molecule has 28 heavy (non-hydrogen) atoms. The van der Waals surface area contributed by atoms with Crippen LogP contribution < -0.4 is 10.1 Å². The first-order valence-electron chi connectivity index (χ1n) is 9.40. The highest BCUT2D eigenvalue weighted by Crippen LogP contribution is 2.38. The molecule has 0 bridgehead atoms. The molecule has 1 aliphatic heterocycles. The number of hydrogen-bond acceptors (Lipinski definition) is 4. The van der Waals surface area contributed by atoms with Gasteiger partial charge in [-0.1, -0.05) is 24.3 Å². The van der Waals surface area contributed by atoms with Gasteiger partial charge >= 0.3 is 11.9 Å². The molecule has 1 aliphatic carbocycles. The van der Waals surface area contributed by atoms with Gasteiger partial charge in [0.05, 0.1) is 6.10 Å². The summed E-state index contributed by atoms with van der Waals surface area (Å²) in [5, 5.41) is 23.8. The van der Waals surface area contributed by atoms with E-state index in [-0.39, 0.29) is 24.1 Å². The fourth-order valence-corrected chi connectivity index (χ4v) is 4.48. The Bertz CT molecular complexity index is 886. The average molecular weight is 406 g/mol. The van der Waals surface area contributed by atoms with Gasteiger partial charge in [0.15, 0.2) is 0 Å². The second kappa shape index (κ2) is 8.37. The van der Waals surface area contributed by atoms with Crippen molar-refractivity contribution in [1.29, 1.82) is 0 Å². The molecule has 6 nitrogen and oxygen atoms in total. The molecular weight excluding hydrogens is 382 g/mol. The second-order valence-electron chi connectivity index (χ2n) is 7.61. The molecule has 2 fully saturated rings. The van der Waals surface area contributed by atoms with Gasteiger partial charge in [-0.3, -0.25) is 4.79 Å². The Hall–Kier alpha value is -2.31. The lowest BCUT2D eigenvalue weighted by atomic mass is 9.72. The monoisotopic (exact) mass is 405 g/mol. The fraction of sp³-hybridized carbons (Fsp3) is 0.429. The maximum atomic E-state index is 11.7. The van der Waals surface area contributed by atoms with E-state index in [1.807, 2.05) is 24.3 Å². The third-order valence-corrected chi connectivity index (χ3v) is 5.93. The fourth-order valence-electron chi connectivity index (χ4n) is 4.48. The van der Waals surface area contributed by atoms with Gasteiger partial charge in [-0.15, -0.1) is 12.4 Å². The molecule has 2 aromatic rings. The van der Waals surface area contributed by atoms with Crippen molar-refractivity contribution < 1.29 is 24.5 Å². The van der Waals surface area contributed by atoms with Crippen molar-refractivity contribution in [2.45, 2.75) is 37.8 Å². The highest BCUT2D eigenvalue weighted by atomic mass is 35.5. The van der Waals surface area contributed by atoms with Gasteiger partial charge in [0, 0.05) is 0 Å². The number of benzene rings is 2. The van der Waals surface area contributed by atoms with Crippen LogP contribution in [0.5, 0.6) is 5.75 Å². The van der Waals surface area contributed by atoms with Crippen molar-refractivity contribution in [3.63, 3.8) is 0 Å². The predicted octanol–water partition coefficient (Wildman–Crippen LogP) is 3.57. The quantitative estimate of drug-likeness (QED) is 0.719. The summed E-state index contributed by atoms with van der Waals surface area (Å²) in [6, 6.07) is 10.6. The summed E-state index contributed by atoms with van der Waals surface area (Å²) in [5.74, 6) is -0.652. The first-order valence-corrected chi connectivity index (χ1v) is 9.40. The van der Waals surface area contributed by atoms with Crippen molar-refractivity contribution >= 4 is 35.1 Å². The molecule has 1 heterocycles. The van der Waals surface area contributed by atoms with Crippen molar-refractivity contribution in [2.75, 3.05) is 6.54 Å². The number of carbonyl (C=O) groups is 2. The number of carboxylic acid groups (broad SMARTS) is 2. The topological polar surface area (TPSA) is 95.9 Å². The minimum absolute atomic E-state index is 0. The van der Waals surface area contributed by atoms with Crippen molar-refractivity contribution in [3.05, 3.63) is 42.0 Å². The number of aliphatic carboxylic acids is 1. The number of fused-ring (bicyclic) bond motifs is 2. The van der Waals surface area contributed by atoms with E-state index in [0.29, 0.717) is 24.0 Å². The lowest BCUT2D eigenvalue weighted by Crippen LogP contribution is -2.50. The number of rotatable bonds is 4. The van der Waals surface area contributed by atoms with Crippen LogP contribution >= 0.6 is 12.4 Å². The van der Waals surface area contributed by atoms with E-state index in [1.165, 1.54) is 0 Å². The molecule has 0 amide bonds. The van der Waals surface area contributed by atoms with Gasteiger partial charge in [-0.25, -0.2) is 4.79 Å². The summed E-state index contributed by atoms with van der Waals surface area (Å²) in [4.78, 5) is 23.0. The van der Waals surface area contributed by atoms with Crippen LogP contribution in [0.4, 0.5) is 0 Å². The summed E-state index contributed by atoms with van der Waals surface area (Å²) >= 11 is 0. The molecule has 3 N–H and O–H groups in total. The van der Waals surface area contributed by atoms with Crippen LogP contribution in [0.25, 0.3) is 10.8 Å². The highest BCUT2D eigenvalue weighted by Gasteiger charge is 2.38. The van der Waals surface area contributed by atoms with E-state index >= 15 is 0 Å². The molecule has 0 spiro atoms. The number of piperidine rings is 1. The van der Waals surface area contributed by atoms with Crippen molar-refractivity contribution in [1.82, 2.24) is 5.32 Å². The smallest absolute Gasteiger partial charge is 0.339 e. The molecule has 1 saturated heterocycles. The third-order valence-electron chi connectivity index (χ3n) is 5.93. The van der Waals surface area contributed by atoms with Crippen LogP contribution in [0, 0.1) is 11.8 Å². The summed E-state index contributed by atoms with van der Waals surface area (Å²) in [5.41, 5.74) is 0.171. The van der Waals surface area contributed by atoms with E-state index in [1.54, 1.807) is 12.1 Å². The van der Waals surface area contributed by atoms with Crippen LogP contribution in [0.3, 0.4) is 0 Å². The highest BCUT2D eigenvalue weighted by molar-refractivity contribution is 5.97. The van der Waals surface area contributed by atoms with Crippen LogP contribution in [-0.2, 0) is 4.79 Å². The van der Waals surface area contributed by atoms with E-state index in [9.17, 15) is 19.8 Å². The zero-order valence-electron chi connectivity index (χ0n) is 15.3. The molecule has 4 unspecified atom stereocenters. The lowest BCUT2D eigenvalue weighted by Gasteiger charge is -2.41. The minimum atomic E-state index is -1.00. The summed E-state index contributed by atoms with van der Waals surface area (Å²) < 4.78 is 6.15. The van der Waals surface area contributed by atoms with Crippen molar-refractivity contribution in [2.24, 2.45) is 11.8 Å². The number of nitrogens with one attached hydrogen (secondary N) is 1. The maximum Gasteiger partial charge on any atom is 0.339 e. The van der Waals surface area contributed by atoms with E-state index < -0.39 is 18.0 Å². The van der Waals surface area contributed by atoms with E-state index in [2.05, 4.69) is 5.32 Å². The number of hydrogen-bond donors (Lipinski definition) is 3. The Morgan fingerprint density at radius 1 is 1.00 bits per heavy atom. The Labute approximate surface area is 169 Å². The van der Waals surface area contributed by atoms with Crippen LogP contribution in [0.1, 0.15) is 36.0 Å². The van der Waals surface area contributed by atoms with Gasteiger partial charge in [-0.05, 0) is 67.0 Å². The third kappa shape index (κ3) is 4.08. The predicted molar refractivity (Wildman–Crippen MR) is 107 cm³/mol. The largest absolute Gasteiger partial charge is 0.489 e. The molecule has 1 saturated carbocycles. The molecule has 0 radical (unpaired) electrons. The first-order chi connectivity index (χ1) is 13.0. The molecule has 2 aliphatic rings. The molecule has 4 rings (SSSR count). The van der Waals surface area contributed by atoms with Crippen LogP contribution in [0.2, 0.25) is 0 Å². The number of carboxylic acids is 2. The Morgan fingerprint density at radius 3 is 2.39 bits per heavy atom. The minimum Gasteiger partial charge on any atom is -0.489 e. The van der Waals surface area contributed by atoms with Crippen molar-refractivity contribution in [3.8, 4) is 5.75 Å². The standard InChI is InChI=1S/C21H23NO5.ClH/c23-20(24)17-8-12-3-1-2-4-13(12)10-19(17)27-16-6-5-14-11-22-18(21(25)26)9-15(14)7-16;/h1-4,8,10,14-16,18,22H,5-7,9,11H2,(H,23,24)(H,25,26);1H. The van der Waals surface area contributed by atoms with E-state index in [0.717, 1.165) is 36.6 Å². The van der Waals surface area contributed by atoms with Crippen LogP contribution in [0.15, 0.2) is 36.4 Å². The molecule has 7 heteroatoms. The van der Waals surface area contributed by atoms with E-state index in [4.69, 9.17) is 4.74 Å². The van der Waals surface area contributed by atoms with Gasteiger partial charge < -0.3 is 20.3 Å². The summed E-state index contributed by atoms with van der Waals surface area (Å²) in [6.45, 7) is 0.727. The Balaban J connectivity index is 0.00000225. The number of ether oxygens (including phenoxy) is 1. The van der Waals surface area contributed by atoms with Gasteiger partial charge in [0.2, 0.25) is 0 Å². The summed E-state index contributed by atoms with van der Waals surface area (Å²) in [6.07, 6.45) is 3.10. The normalized spacial score (nSPS) is 26.7. The molecule has 150 valence electrons. The molecule has 0 aromatic heterocycles. The Kier molecular flexibility index (Phi) is 6.10. The first kappa shape index (κ1) is 20.4. The molecule has 2 aromatic carbocycles. The summed E-state index contributed by atoms with van der Waals surface area (Å²) in [7, 11) is 0. The number of halogens is 1. The van der Waals surface area contributed by atoms with Crippen LogP contribution in [-0.4, -0.2) is 40.8 Å². The Morgan fingerprint density at radius 2 is 1.71 bits per heavy atom. The molecule has 4 atom stereocenters. The zero-order chi connectivity index (χ0) is 19.0. The average Bonchev–Trinajstić information content (AvgIpc) is 2.66. The maximum absolute atomic E-state index is 11.7.